The Bertz CT molecular complexity index is 76.8. The number of ether oxygens (including phenoxy) is 1. The Labute approximate surface area is 53.4 Å². The first-order valence-corrected chi connectivity index (χ1v) is 3.23. The summed E-state index contributed by atoms with van der Waals surface area (Å²) in [4.78, 5) is 0. The first kappa shape index (κ1) is 6.33. The third-order valence-electron chi connectivity index (χ3n) is 1.11. The van der Waals surface area contributed by atoms with Gasteiger partial charge in [0.25, 0.3) is 0 Å². The summed E-state index contributed by atoms with van der Waals surface area (Å²) < 4.78 is 5.03. The van der Waals surface area contributed by atoms with E-state index in [9.17, 15) is 0 Å². The zero-order chi connectivity index (χ0) is 5.98. The van der Waals surface area contributed by atoms with E-state index in [1.807, 2.05) is 0 Å². The fraction of sp³-hybridized carbons (Fsp3) is 1.00. The first-order chi connectivity index (χ1) is 3.84. The highest BCUT2D eigenvalue weighted by Crippen LogP contribution is 2.24. The molecule has 1 aliphatic carbocycles. The lowest BCUT2D eigenvalue weighted by atomic mass is 10.7. The van der Waals surface area contributed by atoms with Crippen molar-refractivity contribution >= 4 is 11.6 Å². The Kier molecular flexibility index (Phi) is 2.11. The van der Waals surface area contributed by atoms with E-state index in [2.05, 4.69) is 0 Å². The molecular formula is C5H9ClO2. The van der Waals surface area contributed by atoms with Crippen molar-refractivity contribution in [2.45, 2.75) is 18.6 Å². The predicted octanol–water partition coefficient (Wildman–Crippen LogP) is 0.375. The van der Waals surface area contributed by atoms with E-state index in [1.54, 1.807) is 0 Å². The Morgan fingerprint density at radius 3 is 2.75 bits per heavy atom. The van der Waals surface area contributed by atoms with E-state index in [-0.39, 0.29) is 12.2 Å². The van der Waals surface area contributed by atoms with E-state index in [4.69, 9.17) is 21.4 Å². The average molecular weight is 137 g/mol. The van der Waals surface area contributed by atoms with Crippen LogP contribution in [-0.4, -0.2) is 29.8 Å². The van der Waals surface area contributed by atoms with Gasteiger partial charge in [0.1, 0.15) is 0 Å². The van der Waals surface area contributed by atoms with Gasteiger partial charge < -0.3 is 9.84 Å². The van der Waals surface area contributed by atoms with Gasteiger partial charge in [-0.15, -0.1) is 11.6 Å². The predicted molar refractivity (Wildman–Crippen MR) is 31.1 cm³/mol. The minimum atomic E-state index is -0.210. The second kappa shape index (κ2) is 2.67. The zero-order valence-electron chi connectivity index (χ0n) is 4.51. The van der Waals surface area contributed by atoms with Gasteiger partial charge in [0, 0.05) is 12.3 Å². The Morgan fingerprint density at radius 2 is 2.38 bits per heavy atom. The molecule has 0 saturated heterocycles. The Morgan fingerprint density at radius 1 is 1.75 bits per heavy atom. The van der Waals surface area contributed by atoms with E-state index >= 15 is 0 Å². The molecule has 0 aliphatic heterocycles. The minimum absolute atomic E-state index is 0.0914. The molecule has 1 fully saturated rings. The largest absolute Gasteiger partial charge is 0.390 e. The molecule has 2 atom stereocenters. The van der Waals surface area contributed by atoms with Gasteiger partial charge in [-0.05, 0) is 0 Å². The van der Waals surface area contributed by atoms with E-state index in [0.29, 0.717) is 12.5 Å². The molecule has 0 spiro atoms. The molecule has 1 aliphatic rings. The van der Waals surface area contributed by atoms with Crippen LogP contribution in [0, 0.1) is 0 Å². The number of alkyl halides is 1. The number of hydrogen-bond acceptors (Lipinski definition) is 2. The normalized spacial score (nSPS) is 35.2. The Hall–Kier alpha value is 0.210. The molecule has 1 rings (SSSR count). The smallest absolute Gasteiger partial charge is 0.0861 e. The maximum absolute atomic E-state index is 8.68. The van der Waals surface area contributed by atoms with Crippen LogP contribution in [0.4, 0.5) is 0 Å². The quantitative estimate of drug-likeness (QED) is 0.569. The van der Waals surface area contributed by atoms with E-state index in [0.717, 1.165) is 6.42 Å². The van der Waals surface area contributed by atoms with Crippen molar-refractivity contribution < 1.29 is 9.84 Å². The van der Waals surface area contributed by atoms with Crippen molar-refractivity contribution in [2.75, 3.05) is 12.5 Å². The van der Waals surface area contributed by atoms with Crippen LogP contribution in [0.1, 0.15) is 6.42 Å². The number of rotatable bonds is 3. The first-order valence-electron chi connectivity index (χ1n) is 2.70. The number of aliphatic hydroxyl groups is 1. The van der Waals surface area contributed by atoms with Gasteiger partial charge in [0.05, 0.1) is 18.8 Å². The SMILES string of the molecule is O[C@@H]1C[C@@H]1OCCCl. The third kappa shape index (κ3) is 1.62. The summed E-state index contributed by atoms with van der Waals surface area (Å²) in [5, 5.41) is 8.68. The second-order valence-corrected chi connectivity index (χ2v) is 2.28. The molecule has 3 heteroatoms. The van der Waals surface area contributed by atoms with Gasteiger partial charge in [-0.1, -0.05) is 0 Å². The molecule has 1 saturated carbocycles. The highest BCUT2D eigenvalue weighted by molar-refractivity contribution is 6.17. The van der Waals surface area contributed by atoms with Gasteiger partial charge in [-0.2, -0.15) is 0 Å². The zero-order valence-corrected chi connectivity index (χ0v) is 5.27. The van der Waals surface area contributed by atoms with Crippen molar-refractivity contribution in [3.05, 3.63) is 0 Å². The summed E-state index contributed by atoms with van der Waals surface area (Å²) in [6, 6.07) is 0. The summed E-state index contributed by atoms with van der Waals surface area (Å²) in [6.45, 7) is 0.559. The van der Waals surface area contributed by atoms with Crippen LogP contribution in [-0.2, 0) is 4.74 Å². The van der Waals surface area contributed by atoms with Crippen molar-refractivity contribution in [1.29, 1.82) is 0 Å². The molecule has 0 bridgehead atoms. The third-order valence-corrected chi connectivity index (χ3v) is 1.26. The van der Waals surface area contributed by atoms with Crippen LogP contribution in [0.25, 0.3) is 0 Å². The topological polar surface area (TPSA) is 29.5 Å². The van der Waals surface area contributed by atoms with Gasteiger partial charge in [0.2, 0.25) is 0 Å². The molecule has 1 N–H and O–H groups in total. The van der Waals surface area contributed by atoms with Crippen LogP contribution in [0.2, 0.25) is 0 Å². The molecule has 8 heavy (non-hydrogen) atoms. The molecule has 0 radical (unpaired) electrons. The van der Waals surface area contributed by atoms with Crippen LogP contribution < -0.4 is 0 Å². The minimum Gasteiger partial charge on any atom is -0.390 e. The molecule has 0 aromatic carbocycles. The molecule has 0 heterocycles. The van der Waals surface area contributed by atoms with Crippen LogP contribution >= 0.6 is 11.6 Å². The van der Waals surface area contributed by atoms with E-state index < -0.39 is 0 Å². The molecule has 2 nitrogen and oxygen atoms in total. The van der Waals surface area contributed by atoms with Gasteiger partial charge in [-0.3, -0.25) is 0 Å². The second-order valence-electron chi connectivity index (χ2n) is 1.90. The molecule has 0 aromatic heterocycles. The highest BCUT2D eigenvalue weighted by atomic mass is 35.5. The Balaban J connectivity index is 1.89. The molecule has 0 amide bonds. The lowest BCUT2D eigenvalue weighted by molar-refractivity contribution is 0.0938. The maximum Gasteiger partial charge on any atom is 0.0861 e. The van der Waals surface area contributed by atoms with Crippen molar-refractivity contribution in [3.8, 4) is 0 Å². The summed E-state index contributed by atoms with van der Waals surface area (Å²) >= 11 is 5.31. The number of halogens is 1. The summed E-state index contributed by atoms with van der Waals surface area (Å²) in [6.07, 6.45) is 0.670. The monoisotopic (exact) mass is 136 g/mol. The number of hydrogen-bond donors (Lipinski definition) is 1. The maximum atomic E-state index is 8.68. The average Bonchev–Trinajstić information content (AvgIpc) is 2.42. The molecule has 0 aromatic rings. The van der Waals surface area contributed by atoms with Gasteiger partial charge >= 0.3 is 0 Å². The van der Waals surface area contributed by atoms with Gasteiger partial charge in [0.15, 0.2) is 0 Å². The van der Waals surface area contributed by atoms with Crippen LogP contribution in [0.3, 0.4) is 0 Å². The summed E-state index contributed by atoms with van der Waals surface area (Å²) in [5.41, 5.74) is 0. The fourth-order valence-electron chi connectivity index (χ4n) is 0.534. The fourth-order valence-corrected chi connectivity index (χ4v) is 0.624. The van der Waals surface area contributed by atoms with E-state index in [1.165, 1.54) is 0 Å². The summed E-state index contributed by atoms with van der Waals surface area (Å²) in [7, 11) is 0. The highest BCUT2D eigenvalue weighted by Gasteiger charge is 2.35. The van der Waals surface area contributed by atoms with Gasteiger partial charge in [-0.25, -0.2) is 0 Å². The standard InChI is InChI=1S/C5H9ClO2/c6-1-2-8-5-3-4(5)7/h4-5,7H,1-3H2/t4-,5+/m1/s1. The van der Waals surface area contributed by atoms with Crippen molar-refractivity contribution in [3.63, 3.8) is 0 Å². The lowest BCUT2D eigenvalue weighted by Crippen LogP contribution is -2.01. The van der Waals surface area contributed by atoms with Crippen molar-refractivity contribution in [1.82, 2.24) is 0 Å². The summed E-state index contributed by atoms with van der Waals surface area (Å²) in [5.74, 6) is 0.517. The van der Waals surface area contributed by atoms with Crippen molar-refractivity contribution in [2.24, 2.45) is 0 Å². The molecule has 0 unspecified atom stereocenters. The number of aliphatic hydroxyl groups excluding tert-OH is 1. The molecule has 48 valence electrons. The molecular weight excluding hydrogens is 128 g/mol. The van der Waals surface area contributed by atoms with Crippen LogP contribution in [0.5, 0.6) is 0 Å². The lowest BCUT2D eigenvalue weighted by Gasteiger charge is -1.94. The van der Waals surface area contributed by atoms with Crippen LogP contribution in [0.15, 0.2) is 0 Å².